The van der Waals surface area contributed by atoms with Gasteiger partial charge >= 0.3 is 5.97 Å². The summed E-state index contributed by atoms with van der Waals surface area (Å²) in [5, 5.41) is 12.8. The molecule has 1 aliphatic rings. The van der Waals surface area contributed by atoms with Gasteiger partial charge in [0.05, 0.1) is 5.69 Å². The Morgan fingerprint density at radius 2 is 2.38 bits per heavy atom. The van der Waals surface area contributed by atoms with Crippen molar-refractivity contribution in [1.82, 2.24) is 9.88 Å². The Morgan fingerprint density at radius 1 is 1.62 bits per heavy atom. The third kappa shape index (κ3) is 4.80. The lowest BCUT2D eigenvalue weighted by molar-refractivity contribution is -0.139. The van der Waals surface area contributed by atoms with Crippen LogP contribution in [-0.4, -0.2) is 43.9 Å². The van der Waals surface area contributed by atoms with Crippen LogP contribution in [0.25, 0.3) is 0 Å². The summed E-state index contributed by atoms with van der Waals surface area (Å²) in [5.41, 5.74) is 0.568. The molecule has 2 unspecified atom stereocenters. The van der Waals surface area contributed by atoms with Crippen LogP contribution in [0, 0.1) is 12.8 Å². The van der Waals surface area contributed by atoms with Crippen molar-refractivity contribution in [2.75, 3.05) is 13.2 Å². The molecule has 1 fully saturated rings. The Morgan fingerprint density at radius 3 is 2.90 bits per heavy atom. The number of ether oxygens (including phenoxy) is 1. The topological polar surface area (TPSA) is 119 Å². The van der Waals surface area contributed by atoms with Crippen LogP contribution in [0.4, 0.5) is 0 Å². The van der Waals surface area contributed by atoms with Crippen LogP contribution in [0.1, 0.15) is 24.3 Å². The van der Waals surface area contributed by atoms with E-state index in [4.69, 9.17) is 14.4 Å². The summed E-state index contributed by atoms with van der Waals surface area (Å²) >= 11 is 0. The molecule has 2 heterocycles. The van der Waals surface area contributed by atoms with Crippen LogP contribution in [0.2, 0.25) is 0 Å². The number of aromatic nitrogens is 1. The summed E-state index contributed by atoms with van der Waals surface area (Å²) in [6, 6.07) is 0.338. The number of carboxylic acids is 1. The zero-order valence-corrected chi connectivity index (χ0v) is 12.4. The molecule has 8 nitrogen and oxygen atoms in total. The van der Waals surface area contributed by atoms with Gasteiger partial charge in [0, 0.05) is 19.3 Å². The van der Waals surface area contributed by atoms with Gasteiger partial charge in [0.2, 0.25) is 10.0 Å². The number of nitrogens with one attached hydrogen (secondary N) is 1. The molecule has 0 spiro atoms. The summed E-state index contributed by atoms with van der Waals surface area (Å²) in [7, 11) is -3.81. The first kappa shape index (κ1) is 15.9. The van der Waals surface area contributed by atoms with Gasteiger partial charge in [0.15, 0.2) is 5.76 Å². The van der Waals surface area contributed by atoms with Crippen molar-refractivity contribution in [1.29, 1.82) is 0 Å². The average Bonchev–Trinajstić information content (AvgIpc) is 2.99. The van der Waals surface area contributed by atoms with Crippen molar-refractivity contribution in [3.63, 3.8) is 0 Å². The number of nitrogens with zero attached hydrogens (tertiary/aromatic N) is 1. The maximum Gasteiger partial charge on any atom is 0.321 e. The maximum atomic E-state index is 12.0. The van der Waals surface area contributed by atoms with E-state index < -0.39 is 27.8 Å². The Bertz CT molecular complexity index is 591. The first-order valence-corrected chi connectivity index (χ1v) is 8.24. The number of carbonyl (C=O) groups is 1. The maximum absolute atomic E-state index is 12.0. The zero-order valence-electron chi connectivity index (χ0n) is 11.6. The van der Waals surface area contributed by atoms with Crippen LogP contribution >= 0.6 is 0 Å². The lowest BCUT2D eigenvalue weighted by Gasteiger charge is -2.17. The second-order valence-corrected chi connectivity index (χ2v) is 6.92. The number of rotatable bonds is 7. The second-order valence-electron chi connectivity index (χ2n) is 5.17. The molecule has 1 aromatic rings. The molecule has 9 heteroatoms. The summed E-state index contributed by atoms with van der Waals surface area (Å²) in [6.07, 6.45) is 0.955. The highest BCUT2D eigenvalue weighted by Gasteiger charge is 2.29. The number of hydrogen-bond acceptors (Lipinski definition) is 6. The zero-order chi connectivity index (χ0) is 15.5. The van der Waals surface area contributed by atoms with Crippen molar-refractivity contribution >= 4 is 16.0 Å². The van der Waals surface area contributed by atoms with Crippen molar-refractivity contribution in [2.45, 2.75) is 31.6 Å². The van der Waals surface area contributed by atoms with Gasteiger partial charge in [-0.1, -0.05) is 5.16 Å². The van der Waals surface area contributed by atoms with E-state index in [1.54, 1.807) is 6.92 Å². The normalized spacial score (nSPS) is 20.5. The van der Waals surface area contributed by atoms with Crippen LogP contribution in [0.15, 0.2) is 10.6 Å². The van der Waals surface area contributed by atoms with Gasteiger partial charge in [-0.25, -0.2) is 13.1 Å². The molecular weight excluding hydrogens is 300 g/mol. The number of aliphatic carboxylic acids is 1. The van der Waals surface area contributed by atoms with Gasteiger partial charge in [-0.15, -0.1) is 0 Å². The smallest absolute Gasteiger partial charge is 0.321 e. The molecule has 0 bridgehead atoms. The van der Waals surface area contributed by atoms with E-state index in [-0.39, 0.29) is 18.1 Å². The third-order valence-corrected chi connectivity index (χ3v) is 4.53. The quantitative estimate of drug-likeness (QED) is 0.741. The van der Waals surface area contributed by atoms with Gasteiger partial charge < -0.3 is 14.4 Å². The van der Waals surface area contributed by atoms with Crippen LogP contribution < -0.4 is 4.72 Å². The van der Waals surface area contributed by atoms with E-state index in [9.17, 15) is 13.2 Å². The molecule has 118 valence electrons. The molecule has 0 amide bonds. The van der Waals surface area contributed by atoms with Crippen LogP contribution in [-0.2, 0) is 25.3 Å². The van der Waals surface area contributed by atoms with E-state index in [1.165, 1.54) is 6.07 Å². The fourth-order valence-electron chi connectivity index (χ4n) is 2.23. The van der Waals surface area contributed by atoms with Gasteiger partial charge in [0.1, 0.15) is 11.8 Å². The van der Waals surface area contributed by atoms with Crippen molar-refractivity contribution in [2.24, 2.45) is 5.92 Å². The lowest BCUT2D eigenvalue weighted by Crippen LogP contribution is -2.42. The third-order valence-electron chi connectivity index (χ3n) is 3.22. The van der Waals surface area contributed by atoms with E-state index in [0.29, 0.717) is 18.9 Å². The Kier molecular flexibility index (Phi) is 4.96. The Hall–Kier alpha value is -1.45. The fraction of sp³-hybridized carbons (Fsp3) is 0.667. The van der Waals surface area contributed by atoms with Crippen LogP contribution in [0.3, 0.4) is 0 Å². The molecule has 0 aromatic carbocycles. The summed E-state index contributed by atoms with van der Waals surface area (Å²) in [5.74, 6) is -1.40. The van der Waals surface area contributed by atoms with E-state index in [2.05, 4.69) is 9.88 Å². The van der Waals surface area contributed by atoms with Gasteiger partial charge in [0.25, 0.3) is 0 Å². The summed E-state index contributed by atoms with van der Waals surface area (Å²) < 4.78 is 36.2. The predicted molar refractivity (Wildman–Crippen MR) is 72.0 cm³/mol. The number of sulfonamides is 1. The monoisotopic (exact) mass is 318 g/mol. The lowest BCUT2D eigenvalue weighted by atomic mass is 10.00. The van der Waals surface area contributed by atoms with E-state index in [0.717, 1.165) is 6.42 Å². The molecule has 1 aromatic heterocycles. The molecule has 0 aliphatic carbocycles. The standard InChI is InChI=1S/C12H18N2O6S/c1-8-4-10(20-13-8)7-21(17,18)14-11(12(15)16)5-9-2-3-19-6-9/h4,9,11,14H,2-3,5-7H2,1H3,(H,15,16). The van der Waals surface area contributed by atoms with Crippen molar-refractivity contribution in [3.05, 3.63) is 17.5 Å². The minimum atomic E-state index is -3.81. The molecule has 0 saturated carbocycles. The minimum absolute atomic E-state index is 0.0568. The average molecular weight is 318 g/mol. The molecule has 2 rings (SSSR count). The van der Waals surface area contributed by atoms with Gasteiger partial charge in [-0.05, 0) is 25.7 Å². The van der Waals surface area contributed by atoms with E-state index in [1.807, 2.05) is 0 Å². The van der Waals surface area contributed by atoms with E-state index >= 15 is 0 Å². The molecule has 1 saturated heterocycles. The number of aryl methyl sites for hydroxylation is 1. The highest BCUT2D eigenvalue weighted by Crippen LogP contribution is 2.19. The molecule has 2 N–H and O–H groups in total. The second kappa shape index (κ2) is 6.54. The predicted octanol–water partition coefficient (Wildman–Crippen LogP) is 0.282. The molecular formula is C12H18N2O6S. The molecule has 21 heavy (non-hydrogen) atoms. The van der Waals surface area contributed by atoms with Crippen molar-refractivity contribution < 1.29 is 27.6 Å². The minimum Gasteiger partial charge on any atom is -0.480 e. The molecule has 2 atom stereocenters. The Balaban J connectivity index is 1.99. The summed E-state index contributed by atoms with van der Waals surface area (Å²) in [6.45, 7) is 2.72. The van der Waals surface area contributed by atoms with Gasteiger partial charge in [-0.2, -0.15) is 0 Å². The SMILES string of the molecule is Cc1cc(CS(=O)(=O)NC(CC2CCOC2)C(=O)O)on1. The fourth-order valence-corrected chi connectivity index (χ4v) is 3.46. The van der Waals surface area contributed by atoms with Gasteiger partial charge in [-0.3, -0.25) is 4.79 Å². The van der Waals surface area contributed by atoms with Crippen molar-refractivity contribution in [3.8, 4) is 0 Å². The highest BCUT2D eigenvalue weighted by atomic mass is 32.2. The number of hydrogen-bond donors (Lipinski definition) is 2. The Labute approximate surface area is 122 Å². The highest BCUT2D eigenvalue weighted by molar-refractivity contribution is 7.88. The first-order valence-electron chi connectivity index (χ1n) is 6.58. The number of carboxylic acid groups (broad SMARTS) is 1. The molecule has 1 aliphatic heterocycles. The van der Waals surface area contributed by atoms with Crippen LogP contribution in [0.5, 0.6) is 0 Å². The summed E-state index contributed by atoms with van der Waals surface area (Å²) in [4.78, 5) is 11.2. The first-order chi connectivity index (χ1) is 9.85. The molecule has 0 radical (unpaired) electrons. The largest absolute Gasteiger partial charge is 0.480 e.